The van der Waals surface area contributed by atoms with Gasteiger partial charge >= 0.3 is 6.18 Å². The molecule has 0 heterocycles. The van der Waals surface area contributed by atoms with Crippen molar-refractivity contribution in [2.75, 3.05) is 13.9 Å². The standard InChI is InChI=1S/C9H9F3O2S/c1-13-5-14-7-4-2-3-6(8(7)15)9(10,11)12/h2-4,15H,5H2,1H3. The molecule has 0 unspecified atom stereocenters. The topological polar surface area (TPSA) is 18.5 Å². The van der Waals surface area contributed by atoms with Crippen LogP contribution in [-0.2, 0) is 10.9 Å². The summed E-state index contributed by atoms with van der Waals surface area (Å²) in [4.78, 5) is -0.234. The van der Waals surface area contributed by atoms with Gasteiger partial charge in [0.15, 0.2) is 6.79 Å². The molecule has 0 aliphatic rings. The second-order valence-corrected chi connectivity index (χ2v) is 3.15. The Kier molecular flexibility index (Phi) is 3.87. The molecule has 1 rings (SSSR count). The monoisotopic (exact) mass is 238 g/mol. The molecule has 0 aliphatic heterocycles. The molecule has 2 nitrogen and oxygen atoms in total. The highest BCUT2D eigenvalue weighted by Gasteiger charge is 2.33. The number of thiol groups is 1. The van der Waals surface area contributed by atoms with Crippen molar-refractivity contribution in [1.82, 2.24) is 0 Å². The smallest absolute Gasteiger partial charge is 0.417 e. The van der Waals surface area contributed by atoms with Crippen LogP contribution < -0.4 is 4.74 Å². The lowest BCUT2D eigenvalue weighted by atomic mass is 10.2. The third kappa shape index (κ3) is 3.04. The molecule has 0 aliphatic carbocycles. The predicted molar refractivity (Wildman–Crippen MR) is 51.2 cm³/mol. The molecule has 0 spiro atoms. The molecule has 0 N–H and O–H groups in total. The molecule has 0 saturated carbocycles. The van der Waals surface area contributed by atoms with Gasteiger partial charge in [-0.05, 0) is 12.1 Å². The molecule has 1 aromatic carbocycles. The normalized spacial score (nSPS) is 11.5. The summed E-state index contributed by atoms with van der Waals surface area (Å²) in [5, 5.41) is 0. The number of alkyl halides is 3. The maximum atomic E-state index is 12.4. The average molecular weight is 238 g/mol. The van der Waals surface area contributed by atoms with E-state index in [1.165, 1.54) is 19.2 Å². The van der Waals surface area contributed by atoms with Crippen LogP contribution in [0.15, 0.2) is 23.1 Å². The maximum absolute atomic E-state index is 12.4. The molecule has 0 amide bonds. The summed E-state index contributed by atoms with van der Waals surface area (Å²) in [7, 11) is 1.38. The molecule has 0 radical (unpaired) electrons. The van der Waals surface area contributed by atoms with Crippen molar-refractivity contribution in [3.05, 3.63) is 23.8 Å². The van der Waals surface area contributed by atoms with Crippen molar-refractivity contribution in [2.24, 2.45) is 0 Å². The van der Waals surface area contributed by atoms with Crippen LogP contribution in [0, 0.1) is 0 Å². The van der Waals surface area contributed by atoms with Crippen LogP contribution in [0.2, 0.25) is 0 Å². The molecule has 0 saturated heterocycles. The molecule has 0 bridgehead atoms. The molecule has 1 aromatic rings. The van der Waals surface area contributed by atoms with E-state index in [0.29, 0.717) is 0 Å². The molecule has 0 atom stereocenters. The lowest BCUT2D eigenvalue weighted by Crippen LogP contribution is -2.08. The average Bonchev–Trinajstić information content (AvgIpc) is 2.14. The third-order valence-corrected chi connectivity index (χ3v) is 2.10. The molecular formula is C9H9F3O2S. The van der Waals surface area contributed by atoms with E-state index in [2.05, 4.69) is 17.4 Å². The Bertz CT molecular complexity index is 339. The predicted octanol–water partition coefficient (Wildman–Crippen LogP) is 2.98. The number of hydrogen-bond donors (Lipinski definition) is 1. The highest BCUT2D eigenvalue weighted by Crippen LogP contribution is 2.37. The lowest BCUT2D eigenvalue weighted by molar-refractivity contribution is -0.140. The highest BCUT2D eigenvalue weighted by atomic mass is 32.1. The van der Waals surface area contributed by atoms with E-state index in [9.17, 15) is 13.2 Å². The zero-order valence-corrected chi connectivity index (χ0v) is 8.73. The van der Waals surface area contributed by atoms with Crippen molar-refractivity contribution in [3.8, 4) is 5.75 Å². The quantitative estimate of drug-likeness (QED) is 0.644. The van der Waals surface area contributed by atoms with Crippen molar-refractivity contribution < 1.29 is 22.6 Å². The number of methoxy groups -OCH3 is 1. The van der Waals surface area contributed by atoms with E-state index >= 15 is 0 Å². The summed E-state index contributed by atoms with van der Waals surface area (Å²) < 4.78 is 46.8. The van der Waals surface area contributed by atoms with Crippen LogP contribution in [0.1, 0.15) is 5.56 Å². The van der Waals surface area contributed by atoms with Crippen LogP contribution in [0.5, 0.6) is 5.75 Å². The minimum absolute atomic E-state index is 0.0509. The number of ether oxygens (including phenoxy) is 2. The van der Waals surface area contributed by atoms with Gasteiger partial charge in [0.2, 0.25) is 0 Å². The largest absolute Gasteiger partial charge is 0.466 e. The van der Waals surface area contributed by atoms with Gasteiger partial charge in [0.25, 0.3) is 0 Å². The minimum atomic E-state index is -4.43. The SMILES string of the molecule is COCOc1cccc(C(F)(F)F)c1S. The van der Waals surface area contributed by atoms with Crippen LogP contribution in [0.3, 0.4) is 0 Å². The van der Waals surface area contributed by atoms with Gasteiger partial charge in [0, 0.05) is 7.11 Å². The zero-order valence-electron chi connectivity index (χ0n) is 7.84. The number of rotatable bonds is 3. The number of benzene rings is 1. The van der Waals surface area contributed by atoms with Gasteiger partial charge in [-0.1, -0.05) is 6.07 Å². The fourth-order valence-corrected chi connectivity index (χ4v) is 1.33. The fraction of sp³-hybridized carbons (Fsp3) is 0.333. The van der Waals surface area contributed by atoms with Crippen LogP contribution in [0.4, 0.5) is 13.2 Å². The summed E-state index contributed by atoms with van der Waals surface area (Å²) in [5.74, 6) is 0.0509. The Morgan fingerprint density at radius 2 is 2.00 bits per heavy atom. The number of hydrogen-bond acceptors (Lipinski definition) is 3. The van der Waals surface area contributed by atoms with Crippen molar-refractivity contribution in [1.29, 1.82) is 0 Å². The first-order chi connectivity index (χ1) is 6.96. The molecule has 84 valence electrons. The van der Waals surface area contributed by atoms with Gasteiger partial charge in [-0.15, -0.1) is 12.6 Å². The van der Waals surface area contributed by atoms with E-state index < -0.39 is 11.7 Å². The van der Waals surface area contributed by atoms with E-state index in [-0.39, 0.29) is 17.4 Å². The first kappa shape index (κ1) is 12.2. The van der Waals surface area contributed by atoms with Gasteiger partial charge in [-0.2, -0.15) is 13.2 Å². The van der Waals surface area contributed by atoms with E-state index in [1.807, 2.05) is 0 Å². The van der Waals surface area contributed by atoms with Gasteiger partial charge in [0.05, 0.1) is 10.5 Å². The van der Waals surface area contributed by atoms with Gasteiger partial charge in [-0.3, -0.25) is 0 Å². The highest BCUT2D eigenvalue weighted by molar-refractivity contribution is 7.80. The first-order valence-electron chi connectivity index (χ1n) is 3.97. The van der Waals surface area contributed by atoms with Crippen LogP contribution in [0.25, 0.3) is 0 Å². The van der Waals surface area contributed by atoms with Crippen LogP contribution in [-0.4, -0.2) is 13.9 Å². The second-order valence-electron chi connectivity index (χ2n) is 2.70. The fourth-order valence-electron chi connectivity index (χ4n) is 0.990. The van der Waals surface area contributed by atoms with Gasteiger partial charge in [0.1, 0.15) is 5.75 Å². The molecular weight excluding hydrogens is 229 g/mol. The summed E-state index contributed by atoms with van der Waals surface area (Å²) in [6.45, 7) is -0.116. The molecule has 6 heteroatoms. The first-order valence-corrected chi connectivity index (χ1v) is 4.42. The minimum Gasteiger partial charge on any atom is -0.466 e. The second kappa shape index (κ2) is 4.76. The molecule has 0 aromatic heterocycles. The molecule has 15 heavy (non-hydrogen) atoms. The Morgan fingerprint density at radius 3 is 2.53 bits per heavy atom. The van der Waals surface area contributed by atoms with Crippen LogP contribution >= 0.6 is 12.6 Å². The summed E-state index contributed by atoms with van der Waals surface area (Å²) in [6.07, 6.45) is -4.43. The van der Waals surface area contributed by atoms with Gasteiger partial charge in [-0.25, -0.2) is 0 Å². The van der Waals surface area contributed by atoms with Crippen molar-refractivity contribution in [2.45, 2.75) is 11.1 Å². The maximum Gasteiger partial charge on any atom is 0.417 e. The lowest BCUT2D eigenvalue weighted by Gasteiger charge is -2.13. The van der Waals surface area contributed by atoms with E-state index in [4.69, 9.17) is 4.74 Å². The Balaban J connectivity index is 3.01. The Morgan fingerprint density at radius 1 is 1.33 bits per heavy atom. The van der Waals surface area contributed by atoms with Crippen molar-refractivity contribution in [3.63, 3.8) is 0 Å². The zero-order chi connectivity index (χ0) is 11.5. The Hall–Kier alpha value is -0.880. The van der Waals surface area contributed by atoms with Crippen molar-refractivity contribution >= 4 is 12.6 Å². The summed E-state index contributed by atoms with van der Waals surface area (Å²) >= 11 is 3.78. The van der Waals surface area contributed by atoms with E-state index in [0.717, 1.165) is 6.07 Å². The summed E-state index contributed by atoms with van der Waals surface area (Å²) in [5.41, 5.74) is -0.820. The third-order valence-electron chi connectivity index (χ3n) is 1.64. The Labute approximate surface area is 90.4 Å². The van der Waals surface area contributed by atoms with Gasteiger partial charge < -0.3 is 9.47 Å². The number of halogens is 3. The molecule has 0 fully saturated rings. The summed E-state index contributed by atoms with van der Waals surface area (Å²) in [6, 6.07) is 3.60. The van der Waals surface area contributed by atoms with E-state index in [1.54, 1.807) is 0 Å².